The summed E-state index contributed by atoms with van der Waals surface area (Å²) in [5.41, 5.74) is 5.33. The number of nitrogens with two attached hydrogens (primary N) is 1. The molecule has 13 heavy (non-hydrogen) atoms. The van der Waals surface area contributed by atoms with Crippen molar-refractivity contribution in [2.24, 2.45) is 5.73 Å². The van der Waals surface area contributed by atoms with E-state index in [9.17, 15) is 4.79 Å². The molecule has 0 aromatic heterocycles. The molecule has 0 aliphatic rings. The first-order chi connectivity index (χ1) is 6.31. The lowest BCUT2D eigenvalue weighted by Crippen LogP contribution is -2.25. The Morgan fingerprint density at radius 3 is 2.54 bits per heavy atom. The van der Waals surface area contributed by atoms with Gasteiger partial charge in [0.1, 0.15) is 0 Å². The molecule has 0 unspecified atom stereocenters. The van der Waals surface area contributed by atoms with Crippen LogP contribution in [0.25, 0.3) is 0 Å². The Hall–Kier alpha value is -0.610. The Balaban J connectivity index is 3.08. The van der Waals surface area contributed by atoms with Gasteiger partial charge in [-0.3, -0.25) is 4.79 Å². The summed E-state index contributed by atoms with van der Waals surface area (Å²) < 4.78 is 0. The third-order valence-corrected chi connectivity index (χ3v) is 1.79. The van der Waals surface area contributed by atoms with Crippen molar-refractivity contribution in [3.63, 3.8) is 0 Å². The zero-order valence-electron chi connectivity index (χ0n) is 8.09. The molecule has 0 atom stereocenters. The van der Waals surface area contributed by atoms with Crippen molar-refractivity contribution >= 4 is 5.91 Å². The van der Waals surface area contributed by atoms with Crippen LogP contribution in [0.15, 0.2) is 0 Å². The van der Waals surface area contributed by atoms with Crippen molar-refractivity contribution in [1.29, 1.82) is 0 Å². The third-order valence-electron chi connectivity index (χ3n) is 1.79. The van der Waals surface area contributed by atoms with Gasteiger partial charge >= 0.3 is 0 Å². The summed E-state index contributed by atoms with van der Waals surface area (Å²) in [6.07, 6.45) is 4.67. The molecule has 0 radical (unpaired) electrons. The Bertz CT molecular complexity index is 129. The smallest absolute Gasteiger partial charge is 0.220 e. The molecule has 0 saturated carbocycles. The number of unbranched alkanes of at least 4 members (excludes halogenated alkanes) is 3. The highest BCUT2D eigenvalue weighted by Crippen LogP contribution is 2.01. The summed E-state index contributed by atoms with van der Waals surface area (Å²) in [5.74, 6) is 0.0294. The number of aliphatic hydroxyl groups excluding tert-OH is 1. The molecule has 0 aliphatic carbocycles. The molecule has 0 aliphatic heterocycles. The van der Waals surface area contributed by atoms with Gasteiger partial charge in [-0.05, 0) is 19.4 Å². The van der Waals surface area contributed by atoms with Crippen LogP contribution in [-0.2, 0) is 4.79 Å². The van der Waals surface area contributed by atoms with Crippen LogP contribution in [0.1, 0.15) is 32.1 Å². The first-order valence-corrected chi connectivity index (χ1v) is 4.89. The van der Waals surface area contributed by atoms with E-state index in [1.807, 2.05) is 0 Å². The topological polar surface area (TPSA) is 75.4 Å². The van der Waals surface area contributed by atoms with E-state index in [0.29, 0.717) is 13.0 Å². The van der Waals surface area contributed by atoms with Crippen molar-refractivity contribution in [2.75, 3.05) is 19.7 Å². The fraction of sp³-hybridized carbons (Fsp3) is 0.889. The Kier molecular flexibility index (Phi) is 9.03. The van der Waals surface area contributed by atoms with Crippen molar-refractivity contribution in [3.8, 4) is 0 Å². The molecule has 0 saturated heterocycles. The van der Waals surface area contributed by atoms with Crippen LogP contribution in [0.2, 0.25) is 0 Å². The summed E-state index contributed by atoms with van der Waals surface area (Å²) in [6, 6.07) is 0. The number of carbonyl (C=O) groups is 1. The lowest BCUT2D eigenvalue weighted by atomic mass is 10.1. The average molecular weight is 188 g/mol. The molecule has 4 nitrogen and oxygen atoms in total. The van der Waals surface area contributed by atoms with Gasteiger partial charge in [0.15, 0.2) is 0 Å². The SMILES string of the molecule is NCCCCCCC(=O)NCCO. The Morgan fingerprint density at radius 1 is 1.23 bits per heavy atom. The predicted octanol–water partition coefficient (Wildman–Crippen LogP) is 0.00410. The van der Waals surface area contributed by atoms with E-state index < -0.39 is 0 Å². The van der Waals surface area contributed by atoms with Gasteiger partial charge in [-0.1, -0.05) is 12.8 Å². The minimum atomic E-state index is 0.0128. The Morgan fingerprint density at radius 2 is 1.92 bits per heavy atom. The zero-order chi connectivity index (χ0) is 9.94. The van der Waals surface area contributed by atoms with Gasteiger partial charge in [0, 0.05) is 13.0 Å². The van der Waals surface area contributed by atoms with Crippen LogP contribution in [0.4, 0.5) is 0 Å². The molecular weight excluding hydrogens is 168 g/mol. The van der Waals surface area contributed by atoms with E-state index in [-0.39, 0.29) is 12.5 Å². The molecule has 0 heterocycles. The number of carbonyl (C=O) groups excluding carboxylic acids is 1. The first-order valence-electron chi connectivity index (χ1n) is 4.89. The number of rotatable bonds is 8. The number of nitrogens with one attached hydrogen (secondary N) is 1. The summed E-state index contributed by atoms with van der Waals surface area (Å²) >= 11 is 0. The predicted molar refractivity (Wildman–Crippen MR) is 52.2 cm³/mol. The lowest BCUT2D eigenvalue weighted by molar-refractivity contribution is -0.121. The minimum absolute atomic E-state index is 0.0128. The van der Waals surface area contributed by atoms with Gasteiger partial charge in [0.25, 0.3) is 0 Å². The fourth-order valence-electron chi connectivity index (χ4n) is 1.07. The second-order valence-electron chi connectivity index (χ2n) is 3.03. The van der Waals surface area contributed by atoms with E-state index >= 15 is 0 Å². The number of aliphatic hydroxyl groups is 1. The molecule has 0 spiro atoms. The number of hydrogen-bond donors (Lipinski definition) is 3. The normalized spacial score (nSPS) is 10.0. The summed E-state index contributed by atoms with van der Waals surface area (Å²) in [5, 5.41) is 11.0. The summed E-state index contributed by atoms with van der Waals surface area (Å²) in [6.45, 7) is 1.11. The van der Waals surface area contributed by atoms with E-state index in [1.54, 1.807) is 0 Å². The van der Waals surface area contributed by atoms with Crippen molar-refractivity contribution < 1.29 is 9.90 Å². The third kappa shape index (κ3) is 9.30. The van der Waals surface area contributed by atoms with E-state index in [4.69, 9.17) is 10.8 Å². The largest absolute Gasteiger partial charge is 0.395 e. The fourth-order valence-corrected chi connectivity index (χ4v) is 1.07. The maximum atomic E-state index is 11.0. The van der Waals surface area contributed by atoms with Gasteiger partial charge in [0.2, 0.25) is 5.91 Å². The van der Waals surface area contributed by atoms with Crippen LogP contribution in [0.3, 0.4) is 0 Å². The second kappa shape index (κ2) is 9.48. The first kappa shape index (κ1) is 12.4. The minimum Gasteiger partial charge on any atom is -0.395 e. The highest BCUT2D eigenvalue weighted by Gasteiger charge is 1.98. The molecule has 0 bridgehead atoms. The van der Waals surface area contributed by atoms with Gasteiger partial charge in [-0.2, -0.15) is 0 Å². The zero-order valence-corrected chi connectivity index (χ0v) is 8.09. The van der Waals surface area contributed by atoms with Gasteiger partial charge in [-0.25, -0.2) is 0 Å². The van der Waals surface area contributed by atoms with Crippen molar-refractivity contribution in [2.45, 2.75) is 32.1 Å². The van der Waals surface area contributed by atoms with E-state index in [2.05, 4.69) is 5.32 Å². The molecule has 0 fully saturated rings. The maximum Gasteiger partial charge on any atom is 0.220 e. The molecule has 0 rings (SSSR count). The maximum absolute atomic E-state index is 11.0. The molecular formula is C9H20N2O2. The average Bonchev–Trinajstić information content (AvgIpc) is 2.14. The number of amides is 1. The monoisotopic (exact) mass is 188 g/mol. The Labute approximate surface area is 79.5 Å². The highest BCUT2D eigenvalue weighted by atomic mass is 16.3. The standard InChI is InChI=1S/C9H20N2O2/c10-6-4-2-1-3-5-9(13)11-7-8-12/h12H,1-8,10H2,(H,11,13). The second-order valence-corrected chi connectivity index (χ2v) is 3.03. The molecule has 4 heteroatoms. The molecule has 1 amide bonds. The van der Waals surface area contributed by atoms with Gasteiger partial charge in [-0.15, -0.1) is 0 Å². The van der Waals surface area contributed by atoms with Crippen LogP contribution < -0.4 is 11.1 Å². The van der Waals surface area contributed by atoms with Crippen LogP contribution in [0, 0.1) is 0 Å². The molecule has 78 valence electrons. The lowest BCUT2D eigenvalue weighted by Gasteiger charge is -2.02. The van der Waals surface area contributed by atoms with Crippen LogP contribution >= 0.6 is 0 Å². The quantitative estimate of drug-likeness (QED) is 0.469. The van der Waals surface area contributed by atoms with Crippen LogP contribution in [-0.4, -0.2) is 30.7 Å². The van der Waals surface area contributed by atoms with E-state index in [0.717, 1.165) is 32.2 Å². The van der Waals surface area contributed by atoms with Crippen molar-refractivity contribution in [3.05, 3.63) is 0 Å². The van der Waals surface area contributed by atoms with Gasteiger partial charge in [0.05, 0.1) is 6.61 Å². The van der Waals surface area contributed by atoms with E-state index in [1.165, 1.54) is 0 Å². The van der Waals surface area contributed by atoms with Crippen LogP contribution in [0.5, 0.6) is 0 Å². The van der Waals surface area contributed by atoms with Crippen molar-refractivity contribution in [1.82, 2.24) is 5.32 Å². The summed E-state index contributed by atoms with van der Waals surface area (Å²) in [4.78, 5) is 11.0. The molecule has 4 N–H and O–H groups in total. The van der Waals surface area contributed by atoms with Gasteiger partial charge < -0.3 is 16.2 Å². The summed E-state index contributed by atoms with van der Waals surface area (Å²) in [7, 11) is 0. The molecule has 0 aromatic carbocycles. The number of hydrogen-bond acceptors (Lipinski definition) is 3. The highest BCUT2D eigenvalue weighted by molar-refractivity contribution is 5.75. The molecule has 0 aromatic rings.